The zero-order valence-electron chi connectivity index (χ0n) is 16.3. The Balaban J connectivity index is 1.81. The molecule has 3 heteroatoms. The number of hydrogen-bond donors (Lipinski definition) is 0. The van der Waals surface area contributed by atoms with Crippen LogP contribution in [0, 0.1) is 31.4 Å². The van der Waals surface area contributed by atoms with Crippen LogP contribution in [0.3, 0.4) is 0 Å². The number of fused-ring (bicyclic) bond motifs is 2. The van der Waals surface area contributed by atoms with Crippen molar-refractivity contribution >= 4 is 5.57 Å². The third kappa shape index (κ3) is 3.34. The van der Waals surface area contributed by atoms with Crippen molar-refractivity contribution in [3.63, 3.8) is 0 Å². The van der Waals surface area contributed by atoms with Crippen LogP contribution in [-0.4, -0.2) is 24.0 Å². The first-order valence-corrected chi connectivity index (χ1v) is 9.90. The van der Waals surface area contributed by atoms with Gasteiger partial charge < -0.3 is 4.90 Å². The molecule has 2 atom stereocenters. The second-order valence-corrected chi connectivity index (χ2v) is 8.19. The summed E-state index contributed by atoms with van der Waals surface area (Å²) in [4.78, 5) is 2.52. The minimum absolute atomic E-state index is 0.212. The zero-order chi connectivity index (χ0) is 19.1. The normalized spacial score (nSPS) is 24.9. The molecule has 0 N–H and O–H groups in total. The maximum absolute atomic E-state index is 14.3. The lowest BCUT2D eigenvalue weighted by Crippen LogP contribution is -2.39. The Morgan fingerprint density at radius 3 is 1.85 bits per heavy atom. The van der Waals surface area contributed by atoms with Crippen LogP contribution in [0.4, 0.5) is 8.78 Å². The highest BCUT2D eigenvalue weighted by atomic mass is 19.1. The van der Waals surface area contributed by atoms with Crippen molar-refractivity contribution in [3.8, 4) is 0 Å². The summed E-state index contributed by atoms with van der Waals surface area (Å²) in [5, 5.41) is 0. The molecule has 2 unspecified atom stereocenters. The lowest BCUT2D eigenvalue weighted by atomic mass is 9.84. The quantitative estimate of drug-likeness (QED) is 0.654. The summed E-state index contributed by atoms with van der Waals surface area (Å²) >= 11 is 0. The molecule has 0 aromatic heterocycles. The highest BCUT2D eigenvalue weighted by Gasteiger charge is 2.37. The van der Waals surface area contributed by atoms with Crippen LogP contribution >= 0.6 is 0 Å². The number of rotatable bonds is 3. The lowest BCUT2D eigenvalue weighted by molar-refractivity contribution is 0.152. The molecule has 2 aromatic carbocycles. The number of allylic oxidation sites excluding steroid dienone is 1. The monoisotopic (exact) mass is 367 g/mol. The van der Waals surface area contributed by atoms with Crippen LogP contribution in [0.15, 0.2) is 42.5 Å². The van der Waals surface area contributed by atoms with Crippen LogP contribution in [0.1, 0.15) is 47.9 Å². The Labute approximate surface area is 160 Å². The predicted octanol–water partition coefficient (Wildman–Crippen LogP) is 5.89. The molecule has 0 spiro atoms. The summed E-state index contributed by atoms with van der Waals surface area (Å²) in [5.74, 6) is 0.0193. The van der Waals surface area contributed by atoms with Crippen molar-refractivity contribution < 1.29 is 8.78 Å². The van der Waals surface area contributed by atoms with Crippen LogP contribution in [-0.2, 0) is 0 Å². The van der Waals surface area contributed by atoms with E-state index in [0.717, 1.165) is 29.5 Å². The molecule has 2 aromatic rings. The van der Waals surface area contributed by atoms with Crippen molar-refractivity contribution in [1.82, 2.24) is 4.90 Å². The van der Waals surface area contributed by atoms with Crippen LogP contribution in [0.2, 0.25) is 0 Å². The Hall–Kier alpha value is -2.00. The van der Waals surface area contributed by atoms with E-state index >= 15 is 0 Å². The van der Waals surface area contributed by atoms with Crippen LogP contribution in [0.25, 0.3) is 5.57 Å². The molecule has 2 bridgehead atoms. The van der Waals surface area contributed by atoms with E-state index in [2.05, 4.69) is 18.0 Å². The van der Waals surface area contributed by atoms with Gasteiger partial charge in [0.25, 0.3) is 0 Å². The van der Waals surface area contributed by atoms with Crippen molar-refractivity contribution in [2.75, 3.05) is 7.05 Å². The van der Waals surface area contributed by atoms with Gasteiger partial charge in [-0.25, -0.2) is 8.78 Å². The van der Waals surface area contributed by atoms with Crippen LogP contribution < -0.4 is 0 Å². The SMILES string of the molecule is Cc1c(F)cccc1C(=CC1CC2CCC(C1)N2C)c1cccc(F)c1C. The van der Waals surface area contributed by atoms with Gasteiger partial charge in [0.2, 0.25) is 0 Å². The van der Waals surface area contributed by atoms with Gasteiger partial charge in [-0.3, -0.25) is 0 Å². The second-order valence-electron chi connectivity index (χ2n) is 8.19. The van der Waals surface area contributed by atoms with Crippen molar-refractivity contribution in [3.05, 3.63) is 76.4 Å². The molecule has 2 heterocycles. The van der Waals surface area contributed by atoms with Gasteiger partial charge in [-0.15, -0.1) is 0 Å². The van der Waals surface area contributed by atoms with Gasteiger partial charge in [-0.1, -0.05) is 30.3 Å². The Morgan fingerprint density at radius 2 is 1.37 bits per heavy atom. The average molecular weight is 367 g/mol. The first kappa shape index (κ1) is 18.4. The highest BCUT2D eigenvalue weighted by molar-refractivity contribution is 5.83. The largest absolute Gasteiger partial charge is 0.300 e. The van der Waals surface area contributed by atoms with E-state index < -0.39 is 0 Å². The van der Waals surface area contributed by atoms with E-state index in [1.165, 1.54) is 25.0 Å². The van der Waals surface area contributed by atoms with E-state index in [1.54, 1.807) is 12.1 Å². The Morgan fingerprint density at radius 1 is 0.889 bits per heavy atom. The fourth-order valence-corrected chi connectivity index (χ4v) is 4.95. The summed E-state index contributed by atoms with van der Waals surface area (Å²) in [6.07, 6.45) is 7.07. The third-order valence-electron chi connectivity index (χ3n) is 6.65. The summed E-state index contributed by atoms with van der Waals surface area (Å²) in [7, 11) is 2.23. The van der Waals surface area contributed by atoms with Gasteiger partial charge in [0, 0.05) is 12.1 Å². The summed E-state index contributed by atoms with van der Waals surface area (Å²) in [6, 6.07) is 11.7. The van der Waals surface area contributed by atoms with Gasteiger partial charge in [0.15, 0.2) is 0 Å². The first-order chi connectivity index (χ1) is 13.0. The van der Waals surface area contributed by atoms with Crippen LogP contribution in [0.5, 0.6) is 0 Å². The highest BCUT2D eigenvalue weighted by Crippen LogP contribution is 2.40. The molecule has 2 aliphatic rings. The van der Waals surface area contributed by atoms with Crippen molar-refractivity contribution in [1.29, 1.82) is 0 Å². The first-order valence-electron chi connectivity index (χ1n) is 9.90. The Bertz CT molecular complexity index is 818. The van der Waals surface area contributed by atoms with E-state index in [1.807, 2.05) is 26.0 Å². The minimum Gasteiger partial charge on any atom is -0.300 e. The molecule has 142 valence electrons. The molecule has 0 saturated carbocycles. The molecule has 2 saturated heterocycles. The molecule has 27 heavy (non-hydrogen) atoms. The number of benzene rings is 2. The molecule has 2 aliphatic heterocycles. The van der Waals surface area contributed by atoms with E-state index in [4.69, 9.17) is 0 Å². The lowest BCUT2D eigenvalue weighted by Gasteiger charge is -2.35. The average Bonchev–Trinajstić information content (AvgIpc) is 2.86. The molecule has 1 nitrogen and oxygen atoms in total. The van der Waals surface area contributed by atoms with Gasteiger partial charge in [-0.2, -0.15) is 0 Å². The third-order valence-corrected chi connectivity index (χ3v) is 6.65. The van der Waals surface area contributed by atoms with E-state index in [-0.39, 0.29) is 11.6 Å². The second kappa shape index (κ2) is 7.20. The van der Waals surface area contributed by atoms with Gasteiger partial charge in [-0.05, 0) is 92.5 Å². The summed E-state index contributed by atoms with van der Waals surface area (Å²) in [5.41, 5.74) is 3.97. The van der Waals surface area contributed by atoms with E-state index in [9.17, 15) is 8.78 Å². The summed E-state index contributed by atoms with van der Waals surface area (Å²) < 4.78 is 28.6. The smallest absolute Gasteiger partial charge is 0.126 e. The molecule has 4 rings (SSSR count). The van der Waals surface area contributed by atoms with Crippen molar-refractivity contribution in [2.24, 2.45) is 5.92 Å². The van der Waals surface area contributed by atoms with E-state index in [0.29, 0.717) is 29.1 Å². The molecule has 2 fully saturated rings. The zero-order valence-corrected chi connectivity index (χ0v) is 16.3. The number of piperidine rings is 1. The van der Waals surface area contributed by atoms with Gasteiger partial charge in [0.05, 0.1) is 0 Å². The minimum atomic E-state index is -0.212. The molecular weight excluding hydrogens is 340 g/mol. The summed E-state index contributed by atoms with van der Waals surface area (Å²) in [6.45, 7) is 3.62. The number of hydrogen-bond acceptors (Lipinski definition) is 1. The maximum atomic E-state index is 14.3. The fraction of sp³-hybridized carbons (Fsp3) is 0.417. The molecule has 0 radical (unpaired) electrons. The fourth-order valence-electron chi connectivity index (χ4n) is 4.95. The maximum Gasteiger partial charge on any atom is 0.126 e. The van der Waals surface area contributed by atoms with Gasteiger partial charge >= 0.3 is 0 Å². The number of nitrogens with zero attached hydrogens (tertiary/aromatic N) is 1. The van der Waals surface area contributed by atoms with Gasteiger partial charge in [0.1, 0.15) is 11.6 Å². The predicted molar refractivity (Wildman–Crippen MR) is 107 cm³/mol. The molecule has 0 aliphatic carbocycles. The molecular formula is C24H27F2N. The number of halogens is 2. The molecule has 0 amide bonds. The topological polar surface area (TPSA) is 3.24 Å². The Kier molecular flexibility index (Phi) is 4.90. The van der Waals surface area contributed by atoms with Crippen molar-refractivity contribution in [2.45, 2.75) is 51.6 Å². The standard InChI is InChI=1S/C24H27F2N/c1-15-20(6-4-8-23(15)25)22(21-7-5-9-24(26)16(21)2)14-17-12-18-10-11-19(13-17)27(18)3/h4-9,14,17-19H,10-13H2,1-3H3.